The van der Waals surface area contributed by atoms with Gasteiger partial charge in [0.25, 0.3) is 0 Å². The molecular formula is C13H12BrClN2. The molecule has 0 aliphatic rings. The molecule has 2 aromatic rings. The third-order valence-electron chi connectivity index (χ3n) is 2.44. The quantitative estimate of drug-likeness (QED) is 0.847. The Morgan fingerprint density at radius 1 is 1.29 bits per heavy atom. The molecular weight excluding hydrogens is 300 g/mol. The zero-order chi connectivity index (χ0) is 12.3. The lowest BCUT2D eigenvalue weighted by atomic mass is 10.2. The smallest absolute Gasteiger partial charge is 0.0564 e. The molecule has 0 saturated carbocycles. The van der Waals surface area contributed by atoms with Gasteiger partial charge >= 0.3 is 0 Å². The molecule has 0 fully saturated rings. The summed E-state index contributed by atoms with van der Waals surface area (Å²) in [5.74, 6) is 0. The van der Waals surface area contributed by atoms with E-state index < -0.39 is 0 Å². The predicted molar refractivity (Wildman–Crippen MR) is 75.5 cm³/mol. The molecule has 1 aromatic carbocycles. The lowest BCUT2D eigenvalue weighted by Gasteiger charge is -2.19. The third kappa shape index (κ3) is 3.45. The molecule has 0 aliphatic carbocycles. The molecule has 0 amide bonds. The Morgan fingerprint density at radius 3 is 2.82 bits per heavy atom. The molecule has 1 heterocycles. The topological polar surface area (TPSA) is 16.1 Å². The van der Waals surface area contributed by atoms with Crippen LogP contribution in [0.1, 0.15) is 5.56 Å². The zero-order valence-electron chi connectivity index (χ0n) is 9.40. The first-order valence-corrected chi connectivity index (χ1v) is 6.38. The standard InChI is InChI=1S/C13H12BrClN2/c1-17(13-6-11(14)7-16-8-13)9-10-3-2-4-12(15)5-10/h2-8H,9H2,1H3. The van der Waals surface area contributed by atoms with Gasteiger partial charge in [-0.15, -0.1) is 0 Å². The van der Waals surface area contributed by atoms with Gasteiger partial charge in [-0.25, -0.2) is 0 Å². The van der Waals surface area contributed by atoms with Gasteiger partial charge in [0, 0.05) is 29.3 Å². The van der Waals surface area contributed by atoms with Gasteiger partial charge in [0.1, 0.15) is 0 Å². The van der Waals surface area contributed by atoms with E-state index in [0.717, 1.165) is 21.7 Å². The van der Waals surface area contributed by atoms with Crippen molar-refractivity contribution >= 4 is 33.2 Å². The Morgan fingerprint density at radius 2 is 2.12 bits per heavy atom. The summed E-state index contributed by atoms with van der Waals surface area (Å²) in [7, 11) is 2.03. The Bertz CT molecular complexity index is 516. The Kier molecular flexibility index (Phi) is 4.02. The number of benzene rings is 1. The van der Waals surface area contributed by atoms with E-state index in [0.29, 0.717) is 0 Å². The molecule has 0 spiro atoms. The highest BCUT2D eigenvalue weighted by Crippen LogP contribution is 2.19. The highest BCUT2D eigenvalue weighted by Gasteiger charge is 2.03. The molecule has 4 heteroatoms. The second-order valence-electron chi connectivity index (χ2n) is 3.85. The van der Waals surface area contributed by atoms with Gasteiger partial charge in [-0.1, -0.05) is 23.7 Å². The van der Waals surface area contributed by atoms with E-state index in [1.165, 1.54) is 5.56 Å². The van der Waals surface area contributed by atoms with Crippen molar-refractivity contribution in [3.63, 3.8) is 0 Å². The molecule has 17 heavy (non-hydrogen) atoms. The fourth-order valence-corrected chi connectivity index (χ4v) is 2.18. The minimum atomic E-state index is 0.767. The van der Waals surface area contributed by atoms with Gasteiger partial charge in [0.2, 0.25) is 0 Å². The van der Waals surface area contributed by atoms with Crippen LogP contribution in [0, 0.1) is 0 Å². The molecule has 1 aromatic heterocycles. The number of hydrogen-bond acceptors (Lipinski definition) is 2. The van der Waals surface area contributed by atoms with Crippen LogP contribution in [0.2, 0.25) is 5.02 Å². The molecule has 2 rings (SSSR count). The summed E-state index contributed by atoms with van der Waals surface area (Å²) in [6.07, 6.45) is 3.62. The molecule has 0 aliphatic heterocycles. The van der Waals surface area contributed by atoms with Gasteiger partial charge in [0.15, 0.2) is 0 Å². The van der Waals surface area contributed by atoms with Crippen molar-refractivity contribution in [1.29, 1.82) is 0 Å². The number of pyridine rings is 1. The third-order valence-corrected chi connectivity index (χ3v) is 3.11. The zero-order valence-corrected chi connectivity index (χ0v) is 11.7. The van der Waals surface area contributed by atoms with Crippen molar-refractivity contribution in [2.45, 2.75) is 6.54 Å². The fourth-order valence-electron chi connectivity index (χ4n) is 1.61. The lowest BCUT2D eigenvalue weighted by Crippen LogP contribution is -2.16. The first-order valence-electron chi connectivity index (χ1n) is 5.21. The second-order valence-corrected chi connectivity index (χ2v) is 5.20. The molecule has 0 saturated heterocycles. The van der Waals surface area contributed by atoms with Gasteiger partial charge < -0.3 is 4.90 Å². The summed E-state index contributed by atoms with van der Waals surface area (Å²) in [5, 5.41) is 0.767. The normalized spacial score (nSPS) is 10.3. The van der Waals surface area contributed by atoms with Crippen LogP contribution in [-0.2, 0) is 6.54 Å². The number of anilines is 1. The van der Waals surface area contributed by atoms with Crippen molar-refractivity contribution in [2.24, 2.45) is 0 Å². The van der Waals surface area contributed by atoms with E-state index in [-0.39, 0.29) is 0 Å². The summed E-state index contributed by atoms with van der Waals surface area (Å²) in [5.41, 5.74) is 2.25. The summed E-state index contributed by atoms with van der Waals surface area (Å²) < 4.78 is 0.980. The van der Waals surface area contributed by atoms with Gasteiger partial charge in [-0.05, 0) is 39.7 Å². The second kappa shape index (κ2) is 5.52. The summed E-state index contributed by atoms with van der Waals surface area (Å²) in [6.45, 7) is 0.804. The van der Waals surface area contributed by atoms with E-state index >= 15 is 0 Å². The Hall–Kier alpha value is -1.06. The average molecular weight is 312 g/mol. The molecule has 88 valence electrons. The van der Waals surface area contributed by atoms with Crippen LogP contribution < -0.4 is 4.90 Å². The van der Waals surface area contributed by atoms with Gasteiger partial charge in [-0.2, -0.15) is 0 Å². The van der Waals surface area contributed by atoms with Crippen molar-refractivity contribution < 1.29 is 0 Å². The number of halogens is 2. The average Bonchev–Trinajstić information content (AvgIpc) is 2.29. The maximum absolute atomic E-state index is 5.96. The first-order chi connectivity index (χ1) is 8.15. The number of rotatable bonds is 3. The number of hydrogen-bond donors (Lipinski definition) is 0. The molecule has 0 unspecified atom stereocenters. The fraction of sp³-hybridized carbons (Fsp3) is 0.154. The highest BCUT2D eigenvalue weighted by atomic mass is 79.9. The number of nitrogens with zero attached hydrogens (tertiary/aromatic N) is 2. The molecule has 0 atom stereocenters. The number of aromatic nitrogens is 1. The summed E-state index contributed by atoms with van der Waals surface area (Å²) in [6, 6.07) is 9.92. The first kappa shape index (κ1) is 12.4. The highest BCUT2D eigenvalue weighted by molar-refractivity contribution is 9.10. The van der Waals surface area contributed by atoms with Crippen LogP contribution in [0.4, 0.5) is 5.69 Å². The SMILES string of the molecule is CN(Cc1cccc(Cl)c1)c1cncc(Br)c1. The summed E-state index contributed by atoms with van der Waals surface area (Å²) >= 11 is 9.38. The Labute approximate surface area is 114 Å². The molecule has 0 bridgehead atoms. The minimum absolute atomic E-state index is 0.767. The van der Waals surface area contributed by atoms with Crippen molar-refractivity contribution in [3.8, 4) is 0 Å². The maximum atomic E-state index is 5.96. The van der Waals surface area contributed by atoms with Gasteiger partial charge in [0.05, 0.1) is 11.9 Å². The van der Waals surface area contributed by atoms with E-state index in [9.17, 15) is 0 Å². The van der Waals surface area contributed by atoms with E-state index in [1.54, 1.807) is 6.20 Å². The van der Waals surface area contributed by atoms with Gasteiger partial charge in [-0.3, -0.25) is 4.98 Å². The van der Waals surface area contributed by atoms with Crippen LogP contribution in [-0.4, -0.2) is 12.0 Å². The monoisotopic (exact) mass is 310 g/mol. The van der Waals surface area contributed by atoms with E-state index in [4.69, 9.17) is 11.6 Å². The molecule has 2 nitrogen and oxygen atoms in total. The van der Waals surface area contributed by atoms with Crippen LogP contribution in [0.5, 0.6) is 0 Å². The molecule has 0 N–H and O–H groups in total. The van der Waals surface area contributed by atoms with E-state index in [2.05, 4.69) is 31.9 Å². The van der Waals surface area contributed by atoms with Crippen molar-refractivity contribution in [3.05, 3.63) is 57.8 Å². The predicted octanol–water partition coefficient (Wildman–Crippen LogP) is 4.13. The van der Waals surface area contributed by atoms with E-state index in [1.807, 2.05) is 37.5 Å². The maximum Gasteiger partial charge on any atom is 0.0564 e. The lowest BCUT2D eigenvalue weighted by molar-refractivity contribution is 0.917. The van der Waals surface area contributed by atoms with Crippen LogP contribution >= 0.6 is 27.5 Å². The molecule has 0 radical (unpaired) electrons. The van der Waals surface area contributed by atoms with Crippen molar-refractivity contribution in [1.82, 2.24) is 4.98 Å². The minimum Gasteiger partial charge on any atom is -0.369 e. The van der Waals surface area contributed by atoms with Crippen molar-refractivity contribution in [2.75, 3.05) is 11.9 Å². The van der Waals surface area contributed by atoms with Crippen LogP contribution in [0.3, 0.4) is 0 Å². The Balaban J connectivity index is 2.14. The van der Waals surface area contributed by atoms with Crippen LogP contribution in [0.25, 0.3) is 0 Å². The van der Waals surface area contributed by atoms with Crippen LogP contribution in [0.15, 0.2) is 47.2 Å². The largest absolute Gasteiger partial charge is 0.369 e. The summed E-state index contributed by atoms with van der Waals surface area (Å²) in [4.78, 5) is 6.28.